The Morgan fingerprint density at radius 2 is 1.78 bits per heavy atom. The van der Waals surface area contributed by atoms with Crippen LogP contribution in [0, 0.1) is 5.41 Å². The maximum absolute atomic E-state index is 13.4. The number of esters is 1. The summed E-state index contributed by atoms with van der Waals surface area (Å²) in [6.07, 6.45) is 2.56. The SMILES string of the molecule is COc1cc(NC(=O)CCN2CCC3(CC2)CC(OC(=O)C(O)(c2cccs2)c2cccs2)C3)c(Cl)cc1CNCC(O)c1ccc(O)c2[nH]c(=O)ccc12. The minimum Gasteiger partial charge on any atom is -0.506 e. The number of H-pyrrole nitrogens is 1. The summed E-state index contributed by atoms with van der Waals surface area (Å²) in [6, 6.07) is 16.5. The van der Waals surface area contributed by atoms with E-state index in [1.165, 1.54) is 41.9 Å². The van der Waals surface area contributed by atoms with Gasteiger partial charge in [0, 0.05) is 49.1 Å². The second-order valence-corrected chi connectivity index (χ2v) is 16.6. The summed E-state index contributed by atoms with van der Waals surface area (Å²) in [4.78, 5) is 44.1. The van der Waals surface area contributed by atoms with Crippen molar-refractivity contribution in [3.05, 3.63) is 108 Å². The lowest BCUT2D eigenvalue weighted by Gasteiger charge is -2.51. The van der Waals surface area contributed by atoms with Crippen molar-refractivity contribution in [3.63, 3.8) is 0 Å². The van der Waals surface area contributed by atoms with Gasteiger partial charge in [-0.1, -0.05) is 29.8 Å². The maximum atomic E-state index is 13.4. The highest BCUT2D eigenvalue weighted by molar-refractivity contribution is 7.12. The summed E-state index contributed by atoms with van der Waals surface area (Å²) < 4.78 is 11.5. The zero-order valence-corrected chi connectivity index (χ0v) is 32.6. The molecule has 1 saturated heterocycles. The molecule has 290 valence electrons. The molecule has 55 heavy (non-hydrogen) atoms. The second kappa shape index (κ2) is 16.4. The van der Waals surface area contributed by atoms with E-state index in [1.54, 1.807) is 36.4 Å². The predicted molar refractivity (Wildman–Crippen MR) is 213 cm³/mol. The Balaban J connectivity index is 0.856. The van der Waals surface area contributed by atoms with Crippen LogP contribution in [0.4, 0.5) is 5.69 Å². The van der Waals surface area contributed by atoms with Crippen LogP contribution < -0.4 is 20.9 Å². The number of carbonyl (C=O) groups is 2. The number of carbonyl (C=O) groups excluding carboxylic acids is 2. The Hall–Kier alpha value is -4.28. The maximum Gasteiger partial charge on any atom is 0.349 e. The van der Waals surface area contributed by atoms with E-state index in [0.717, 1.165) is 44.3 Å². The highest BCUT2D eigenvalue weighted by Gasteiger charge is 2.51. The number of aromatic hydroxyl groups is 1. The Morgan fingerprint density at radius 1 is 1.07 bits per heavy atom. The highest BCUT2D eigenvalue weighted by Crippen LogP contribution is 2.51. The summed E-state index contributed by atoms with van der Waals surface area (Å²) in [6.45, 7) is 2.76. The number of piperidine rings is 1. The van der Waals surface area contributed by atoms with Crippen molar-refractivity contribution in [3.8, 4) is 11.5 Å². The van der Waals surface area contributed by atoms with Gasteiger partial charge in [-0.15, -0.1) is 22.7 Å². The number of rotatable bonds is 14. The quantitative estimate of drug-likeness (QED) is 0.0743. The van der Waals surface area contributed by atoms with Crippen molar-refractivity contribution in [1.82, 2.24) is 15.2 Å². The molecule has 0 radical (unpaired) electrons. The lowest BCUT2D eigenvalue weighted by atomic mass is 9.61. The Bertz CT molecular complexity index is 2160. The zero-order valence-electron chi connectivity index (χ0n) is 30.2. The lowest BCUT2D eigenvalue weighted by Crippen LogP contribution is -2.52. The third kappa shape index (κ3) is 8.31. The number of anilines is 1. The fourth-order valence-electron chi connectivity index (χ4n) is 7.67. The fourth-order valence-corrected chi connectivity index (χ4v) is 9.62. The van der Waals surface area contributed by atoms with Gasteiger partial charge in [-0.05, 0) is 90.8 Å². The van der Waals surface area contributed by atoms with E-state index in [9.17, 15) is 29.7 Å². The smallest absolute Gasteiger partial charge is 0.349 e. The molecular weight excluding hydrogens is 764 g/mol. The highest BCUT2D eigenvalue weighted by atomic mass is 35.5. The Kier molecular flexibility index (Phi) is 11.7. The number of nitrogens with one attached hydrogen (secondary N) is 3. The van der Waals surface area contributed by atoms with Crippen molar-refractivity contribution in [2.45, 2.75) is 56.5 Å². The van der Waals surface area contributed by atoms with E-state index in [-0.39, 0.29) is 47.2 Å². The summed E-state index contributed by atoms with van der Waals surface area (Å²) in [5, 5.41) is 43.3. The molecule has 1 amide bonds. The molecule has 0 bridgehead atoms. The van der Waals surface area contributed by atoms with Crippen LogP contribution in [0.1, 0.15) is 59.1 Å². The number of methoxy groups -OCH3 is 1. The summed E-state index contributed by atoms with van der Waals surface area (Å²) in [7, 11) is 1.53. The zero-order chi connectivity index (χ0) is 38.7. The summed E-state index contributed by atoms with van der Waals surface area (Å²) >= 11 is 9.27. The van der Waals surface area contributed by atoms with Gasteiger partial charge >= 0.3 is 5.97 Å². The average Bonchev–Trinajstić information content (AvgIpc) is 3.91. The molecule has 1 aliphatic heterocycles. The first-order chi connectivity index (χ1) is 26.5. The molecule has 12 nitrogen and oxygen atoms in total. The van der Waals surface area contributed by atoms with Gasteiger partial charge in [0.15, 0.2) is 0 Å². The molecule has 1 aliphatic carbocycles. The standard InChI is InChI=1S/C40H43ClN4O8S2/c1-52-32-19-29(28(41)18-24(32)22-42-23-31(47)26-6-8-30(46)37-27(26)7-9-35(48)44-37)43-36(49)10-13-45-14-11-39(12-15-45)20-25(21-39)53-38(50)40(51,33-4-2-16-54-33)34-5-3-17-55-34/h2-9,16-19,25,31,42,46-47,51H,10-15,20-23H2,1H3,(H,43,49)(H,44,48). The first kappa shape index (κ1) is 39.0. The Labute approximate surface area is 330 Å². The van der Waals surface area contributed by atoms with E-state index < -0.39 is 17.7 Å². The van der Waals surface area contributed by atoms with Gasteiger partial charge in [-0.25, -0.2) is 4.79 Å². The Morgan fingerprint density at radius 3 is 2.44 bits per heavy atom. The molecule has 1 atom stereocenters. The predicted octanol–water partition coefficient (Wildman–Crippen LogP) is 5.89. The first-order valence-electron chi connectivity index (χ1n) is 18.1. The number of ether oxygens (including phenoxy) is 2. The monoisotopic (exact) mass is 806 g/mol. The van der Waals surface area contributed by atoms with Gasteiger partial charge in [0.25, 0.3) is 0 Å². The number of likely N-dealkylation sites (tertiary alicyclic amines) is 1. The number of halogens is 1. The second-order valence-electron chi connectivity index (χ2n) is 14.3. The molecule has 2 aromatic carbocycles. The van der Waals surface area contributed by atoms with E-state index in [1.807, 2.05) is 22.9 Å². The molecule has 5 aromatic rings. The number of nitrogens with zero attached hydrogens (tertiary/aromatic N) is 1. The van der Waals surface area contributed by atoms with E-state index in [0.29, 0.717) is 50.3 Å². The number of fused-ring (bicyclic) bond motifs is 1. The number of phenols is 1. The van der Waals surface area contributed by atoms with Crippen LogP contribution >= 0.6 is 34.3 Å². The number of thiophene rings is 2. The number of amides is 1. The fraction of sp³-hybridized carbons (Fsp3) is 0.375. The van der Waals surface area contributed by atoms with Crippen molar-refractivity contribution in [1.29, 1.82) is 0 Å². The van der Waals surface area contributed by atoms with Gasteiger partial charge in [-0.2, -0.15) is 0 Å². The topological polar surface area (TPSA) is 173 Å². The molecule has 3 aromatic heterocycles. The molecule has 6 N–H and O–H groups in total. The molecule has 2 aliphatic rings. The van der Waals surface area contributed by atoms with Crippen LogP contribution in [0.15, 0.2) is 76.2 Å². The number of aliphatic hydroxyl groups is 2. The normalized spacial score (nSPS) is 16.5. The van der Waals surface area contributed by atoms with Crippen LogP contribution in [-0.4, -0.2) is 76.5 Å². The van der Waals surface area contributed by atoms with E-state index in [4.69, 9.17) is 21.1 Å². The first-order valence-corrected chi connectivity index (χ1v) is 20.3. The van der Waals surface area contributed by atoms with Crippen LogP contribution in [0.25, 0.3) is 10.9 Å². The van der Waals surface area contributed by atoms with Crippen LogP contribution in [-0.2, 0) is 26.5 Å². The minimum atomic E-state index is -1.80. The number of hydrogen-bond donors (Lipinski definition) is 6. The largest absolute Gasteiger partial charge is 0.506 e. The number of aliphatic hydroxyl groups excluding tert-OH is 1. The molecular formula is C40H43ClN4O8S2. The lowest BCUT2D eigenvalue weighted by molar-refractivity contribution is -0.181. The molecule has 1 spiro atoms. The van der Waals surface area contributed by atoms with Crippen LogP contribution in [0.2, 0.25) is 5.02 Å². The van der Waals surface area contributed by atoms with E-state index >= 15 is 0 Å². The van der Waals surface area contributed by atoms with Crippen molar-refractivity contribution in [2.75, 3.05) is 38.6 Å². The van der Waals surface area contributed by atoms with E-state index in [2.05, 4.69) is 20.5 Å². The number of aromatic nitrogens is 1. The third-order valence-corrected chi connectivity index (χ3v) is 13.1. The van der Waals surface area contributed by atoms with Crippen LogP contribution in [0.5, 0.6) is 11.5 Å². The molecule has 7 rings (SSSR count). The number of benzene rings is 2. The van der Waals surface area contributed by atoms with Crippen molar-refractivity contribution in [2.24, 2.45) is 5.41 Å². The molecule has 15 heteroatoms. The number of pyridine rings is 1. The molecule has 2 fully saturated rings. The number of phenolic OH excluding ortho intramolecular Hbond substituents is 1. The number of aromatic amines is 1. The number of hydrogen-bond acceptors (Lipinski definition) is 12. The van der Waals surface area contributed by atoms with Crippen LogP contribution in [0.3, 0.4) is 0 Å². The molecule has 1 saturated carbocycles. The van der Waals surface area contributed by atoms with Gasteiger partial charge in [-0.3, -0.25) is 9.59 Å². The average molecular weight is 807 g/mol. The van der Waals surface area contributed by atoms with Gasteiger partial charge in [0.05, 0.1) is 39.2 Å². The minimum absolute atomic E-state index is 0.0792. The van der Waals surface area contributed by atoms with Gasteiger partial charge < -0.3 is 45.3 Å². The van der Waals surface area contributed by atoms with Gasteiger partial charge in [0.2, 0.25) is 17.1 Å². The third-order valence-electron chi connectivity index (χ3n) is 10.8. The molecule has 4 heterocycles. The molecule has 1 unspecified atom stereocenters. The van der Waals surface area contributed by atoms with Crippen molar-refractivity contribution >= 4 is 62.7 Å². The van der Waals surface area contributed by atoms with Gasteiger partial charge in [0.1, 0.15) is 17.6 Å². The summed E-state index contributed by atoms with van der Waals surface area (Å²) in [5.74, 6) is -0.353. The summed E-state index contributed by atoms with van der Waals surface area (Å²) in [5.41, 5.74) is -0.0647. The van der Waals surface area contributed by atoms with Crippen molar-refractivity contribution < 1.29 is 34.4 Å².